The van der Waals surface area contributed by atoms with E-state index in [4.69, 9.17) is 0 Å². The molecule has 0 atom stereocenters. The highest BCUT2D eigenvalue weighted by atomic mass is 32.2. The summed E-state index contributed by atoms with van der Waals surface area (Å²) in [4.78, 5) is 28.7. The molecule has 4 aromatic rings. The fourth-order valence-electron chi connectivity index (χ4n) is 8.24. The molecule has 2 aromatic carbocycles. The lowest BCUT2D eigenvalue weighted by molar-refractivity contribution is -0.0258. The van der Waals surface area contributed by atoms with Crippen molar-refractivity contribution in [3.63, 3.8) is 0 Å². The van der Waals surface area contributed by atoms with Crippen LogP contribution in [-0.4, -0.2) is 142 Å². The summed E-state index contributed by atoms with van der Waals surface area (Å²) in [5.74, 6) is -2.15. The summed E-state index contributed by atoms with van der Waals surface area (Å²) >= 11 is 0. The van der Waals surface area contributed by atoms with Crippen molar-refractivity contribution in [1.29, 1.82) is 0 Å². The molecular formula is C44H68N12O14S2. The number of hydrogen-bond acceptors (Lipinski definition) is 24. The molecule has 0 saturated heterocycles. The van der Waals surface area contributed by atoms with Gasteiger partial charge in [-0.25, -0.2) is 0 Å². The van der Waals surface area contributed by atoms with Crippen LogP contribution in [0.15, 0.2) is 46.2 Å². The predicted molar refractivity (Wildman–Crippen MR) is 268 cm³/mol. The number of rotatable bonds is 20. The minimum Gasteiger partial charge on any atom is -0.371 e. The van der Waals surface area contributed by atoms with Gasteiger partial charge in [0, 0.05) is 11.4 Å². The summed E-state index contributed by atoms with van der Waals surface area (Å²) in [6, 6.07) is 7.05. The Bertz CT molecular complexity index is 2540. The highest BCUT2D eigenvalue weighted by Gasteiger charge is 2.43. The van der Waals surface area contributed by atoms with E-state index in [0.717, 1.165) is 43.9 Å². The van der Waals surface area contributed by atoms with Gasteiger partial charge in [0.25, 0.3) is 20.2 Å². The standard InChI is InChI=1S/C44H68N12O14S2/c1-37(2,57)53(38(3,4)58)33-47-31(48-34(51-33)54(39(5,6)59)40(7,8)60)45-27-21-19-25(29(23-27)71(65,66)67)17-18-26-20-22-28(24-30(26)72(68,69)70)46-32-49-35(55(41(9,10)61)42(11,12)62)52-36(50-32)56(43(13,14)63)44(15,16)64/h17-24,57-64H,1-16H3,(H,65,66,67)(H,68,69,70)(H,45,47,48,51)(H,46,49,50,52). The Labute approximate surface area is 418 Å². The minimum atomic E-state index is -5.07. The Morgan fingerprint density at radius 3 is 0.778 bits per heavy atom. The van der Waals surface area contributed by atoms with Crippen LogP contribution >= 0.6 is 0 Å². The van der Waals surface area contributed by atoms with Crippen molar-refractivity contribution in [2.45, 2.75) is 166 Å². The van der Waals surface area contributed by atoms with Gasteiger partial charge in [-0.2, -0.15) is 46.7 Å². The molecule has 0 bridgehead atoms. The van der Waals surface area contributed by atoms with Crippen LogP contribution in [0.2, 0.25) is 0 Å². The van der Waals surface area contributed by atoms with Crippen LogP contribution in [0.25, 0.3) is 12.2 Å². The third-order valence-electron chi connectivity index (χ3n) is 9.94. The third-order valence-corrected chi connectivity index (χ3v) is 11.8. The summed E-state index contributed by atoms with van der Waals surface area (Å²) in [5, 5.41) is 94.4. The summed E-state index contributed by atoms with van der Waals surface area (Å²) in [6.07, 6.45) is 2.26. The maximum Gasteiger partial charge on any atom is 0.295 e. The van der Waals surface area contributed by atoms with Crippen molar-refractivity contribution >= 4 is 79.5 Å². The summed E-state index contributed by atoms with van der Waals surface area (Å²) in [7, 11) is -10.1. The maximum atomic E-state index is 12.9. The average Bonchev–Trinajstić information content (AvgIpc) is 3.09. The second-order valence-corrected chi connectivity index (χ2v) is 23.6. The SMILES string of the molecule is CC(C)(O)N(c1nc(Nc2ccc(C=Cc3ccc(Nc4nc(N(C(C)(C)O)C(C)(C)O)nc(N(C(C)(C)O)C(C)(C)O)n4)cc3S(=O)(=O)O)c(S(=O)(=O)O)c2)nc(N(C(C)(C)O)C(C)(C)O)n1)C(C)(C)O. The summed E-state index contributed by atoms with van der Waals surface area (Å²) in [6.45, 7) is 21.4. The molecule has 26 nitrogen and oxygen atoms in total. The van der Waals surface area contributed by atoms with Gasteiger partial charge in [0.05, 0.1) is 0 Å². The smallest absolute Gasteiger partial charge is 0.295 e. The highest BCUT2D eigenvalue weighted by molar-refractivity contribution is 7.86. The van der Waals surface area contributed by atoms with Gasteiger partial charge in [-0.15, -0.1) is 0 Å². The monoisotopic (exact) mass is 1050 g/mol. The molecule has 0 unspecified atom stereocenters. The van der Waals surface area contributed by atoms with Crippen molar-refractivity contribution in [2.24, 2.45) is 0 Å². The van der Waals surface area contributed by atoms with Crippen LogP contribution in [0.3, 0.4) is 0 Å². The first-order chi connectivity index (χ1) is 32.0. The van der Waals surface area contributed by atoms with Gasteiger partial charge in [0.2, 0.25) is 35.7 Å². The Kier molecular flexibility index (Phi) is 15.9. The fraction of sp³-hybridized carbons (Fsp3) is 0.545. The lowest BCUT2D eigenvalue weighted by Crippen LogP contribution is -2.58. The quantitative estimate of drug-likeness (QED) is 0.0343. The number of aliphatic hydroxyl groups is 8. The fourth-order valence-corrected chi connectivity index (χ4v) is 9.66. The Balaban J connectivity index is 1.87. The van der Waals surface area contributed by atoms with E-state index in [1.54, 1.807) is 0 Å². The zero-order valence-corrected chi connectivity index (χ0v) is 44.6. The molecule has 72 heavy (non-hydrogen) atoms. The first-order valence-electron chi connectivity index (χ1n) is 22.0. The predicted octanol–water partition coefficient (Wildman–Crippen LogP) is 3.26. The molecule has 0 aliphatic rings. The maximum absolute atomic E-state index is 12.9. The Hall–Kier alpha value is -5.50. The van der Waals surface area contributed by atoms with E-state index < -0.39 is 75.8 Å². The van der Waals surface area contributed by atoms with Crippen molar-refractivity contribution < 1.29 is 66.8 Å². The lowest BCUT2D eigenvalue weighted by Gasteiger charge is -2.44. The highest BCUT2D eigenvalue weighted by Crippen LogP contribution is 2.36. The molecule has 0 spiro atoms. The third kappa shape index (κ3) is 14.6. The second kappa shape index (κ2) is 19.4. The number of hydrogen-bond donors (Lipinski definition) is 12. The van der Waals surface area contributed by atoms with E-state index in [9.17, 15) is 66.8 Å². The van der Waals surface area contributed by atoms with E-state index in [1.807, 2.05) is 0 Å². The van der Waals surface area contributed by atoms with Crippen LogP contribution < -0.4 is 30.2 Å². The molecular weight excluding hydrogens is 985 g/mol. The van der Waals surface area contributed by atoms with Crippen molar-refractivity contribution in [3.05, 3.63) is 47.5 Å². The molecule has 0 aliphatic carbocycles. The molecule has 0 aliphatic heterocycles. The van der Waals surface area contributed by atoms with Crippen molar-refractivity contribution in [3.8, 4) is 0 Å². The molecule has 28 heteroatoms. The van der Waals surface area contributed by atoms with Gasteiger partial charge >= 0.3 is 0 Å². The molecule has 2 heterocycles. The van der Waals surface area contributed by atoms with Crippen LogP contribution in [-0.2, 0) is 20.2 Å². The van der Waals surface area contributed by atoms with Crippen molar-refractivity contribution in [1.82, 2.24) is 29.9 Å². The average molecular weight is 1050 g/mol. The molecule has 4 rings (SSSR count). The normalized spacial score (nSPS) is 13.9. The molecule has 0 radical (unpaired) electrons. The zero-order chi connectivity index (χ0) is 55.6. The Morgan fingerprint density at radius 2 is 0.597 bits per heavy atom. The molecule has 2 aromatic heterocycles. The van der Waals surface area contributed by atoms with Gasteiger partial charge < -0.3 is 51.5 Å². The van der Waals surface area contributed by atoms with Gasteiger partial charge in [0.1, 0.15) is 55.6 Å². The first-order valence-corrected chi connectivity index (χ1v) is 24.9. The van der Waals surface area contributed by atoms with E-state index in [2.05, 4.69) is 40.5 Å². The molecule has 0 saturated carbocycles. The van der Waals surface area contributed by atoms with Crippen LogP contribution in [0.4, 0.5) is 47.1 Å². The van der Waals surface area contributed by atoms with E-state index in [0.29, 0.717) is 0 Å². The van der Waals surface area contributed by atoms with Crippen LogP contribution in [0.5, 0.6) is 0 Å². The zero-order valence-electron chi connectivity index (χ0n) is 43.0. The number of benzene rings is 2. The number of aromatic nitrogens is 6. The number of nitrogens with zero attached hydrogens (tertiary/aromatic N) is 10. The molecule has 0 fully saturated rings. The van der Waals surface area contributed by atoms with E-state index in [1.165, 1.54) is 135 Å². The number of anilines is 8. The largest absolute Gasteiger partial charge is 0.371 e. The minimum absolute atomic E-state index is 0.0702. The number of nitrogens with one attached hydrogen (secondary N) is 2. The second-order valence-electron chi connectivity index (χ2n) is 20.9. The van der Waals surface area contributed by atoms with Crippen molar-refractivity contribution in [2.75, 3.05) is 30.2 Å². The first kappa shape index (κ1) is 59.1. The van der Waals surface area contributed by atoms with E-state index in [-0.39, 0.29) is 58.2 Å². The van der Waals surface area contributed by atoms with Crippen LogP contribution in [0, 0.1) is 0 Å². The van der Waals surface area contributed by atoms with Gasteiger partial charge in [-0.05, 0) is 146 Å². The van der Waals surface area contributed by atoms with E-state index >= 15 is 0 Å². The summed E-state index contributed by atoms with van der Waals surface area (Å²) in [5.41, 5.74) is -15.2. The van der Waals surface area contributed by atoms with Gasteiger partial charge in [-0.1, -0.05) is 24.3 Å². The Morgan fingerprint density at radius 1 is 0.389 bits per heavy atom. The lowest BCUT2D eigenvalue weighted by atomic mass is 10.1. The van der Waals surface area contributed by atoms with Gasteiger partial charge in [-0.3, -0.25) is 28.7 Å². The summed E-state index contributed by atoms with van der Waals surface area (Å²) < 4.78 is 72.4. The molecule has 0 amide bonds. The van der Waals surface area contributed by atoms with Gasteiger partial charge in [0.15, 0.2) is 0 Å². The topological polar surface area (TPSA) is 385 Å². The molecule has 400 valence electrons. The van der Waals surface area contributed by atoms with Crippen LogP contribution in [0.1, 0.15) is 122 Å². The molecule has 12 N–H and O–H groups in total.